The van der Waals surface area contributed by atoms with E-state index in [9.17, 15) is 9.59 Å². The van der Waals surface area contributed by atoms with Gasteiger partial charge in [0.25, 0.3) is 0 Å². The molecule has 5 heteroatoms. The Labute approximate surface area is 126 Å². The minimum atomic E-state index is -0.343. The predicted molar refractivity (Wildman–Crippen MR) is 76.6 cm³/mol. The summed E-state index contributed by atoms with van der Waals surface area (Å²) in [6, 6.07) is 0. The first-order chi connectivity index (χ1) is 10.1. The molecular weight excluding hydrogens is 272 g/mol. The van der Waals surface area contributed by atoms with Crippen LogP contribution in [0.2, 0.25) is 0 Å². The smallest absolute Gasteiger partial charge is 0.306 e. The van der Waals surface area contributed by atoms with Gasteiger partial charge < -0.3 is 14.2 Å². The van der Waals surface area contributed by atoms with Crippen LogP contribution in [0.15, 0.2) is 0 Å². The van der Waals surface area contributed by atoms with Crippen LogP contribution in [0.1, 0.15) is 52.4 Å². The lowest BCUT2D eigenvalue weighted by Gasteiger charge is -2.39. The van der Waals surface area contributed by atoms with Crippen molar-refractivity contribution in [1.82, 2.24) is 0 Å². The standard InChI is InChI=1S/C16H26O5/c1-11-9-19-13-10-20-14(17)7-5-3-4-6-8-15(18)21-16(13)12(11)2/h11-13,16H,3-10H2,1-2H3/t11-,12+,13+,16-/m0/s1. The van der Waals surface area contributed by atoms with Crippen molar-refractivity contribution in [2.24, 2.45) is 11.8 Å². The molecule has 5 nitrogen and oxygen atoms in total. The first-order valence-electron chi connectivity index (χ1n) is 8.04. The fourth-order valence-corrected chi connectivity index (χ4v) is 2.86. The minimum absolute atomic E-state index is 0.167. The molecule has 0 amide bonds. The van der Waals surface area contributed by atoms with Gasteiger partial charge in [-0.1, -0.05) is 26.7 Å². The molecule has 0 aromatic rings. The number of hydrogen-bond acceptors (Lipinski definition) is 5. The van der Waals surface area contributed by atoms with E-state index < -0.39 is 0 Å². The molecule has 0 N–H and O–H groups in total. The molecule has 2 aliphatic rings. The van der Waals surface area contributed by atoms with Crippen molar-refractivity contribution in [2.75, 3.05) is 13.2 Å². The molecule has 0 aromatic heterocycles. The molecule has 4 atom stereocenters. The molecule has 2 heterocycles. The van der Waals surface area contributed by atoms with Gasteiger partial charge in [0.15, 0.2) is 0 Å². The zero-order chi connectivity index (χ0) is 15.2. The van der Waals surface area contributed by atoms with Crippen LogP contribution < -0.4 is 0 Å². The van der Waals surface area contributed by atoms with Crippen LogP contribution in [0.25, 0.3) is 0 Å². The van der Waals surface area contributed by atoms with Crippen LogP contribution in [0.5, 0.6) is 0 Å². The highest BCUT2D eigenvalue weighted by atomic mass is 16.6. The molecule has 0 aliphatic carbocycles. The Morgan fingerprint density at radius 2 is 1.57 bits per heavy atom. The summed E-state index contributed by atoms with van der Waals surface area (Å²) in [6.45, 7) is 4.94. The number of rotatable bonds is 0. The monoisotopic (exact) mass is 298 g/mol. The van der Waals surface area contributed by atoms with Gasteiger partial charge in [-0.05, 0) is 18.8 Å². The lowest BCUT2D eigenvalue weighted by molar-refractivity contribution is -0.188. The number of carbonyl (C=O) groups is 2. The SMILES string of the molecule is C[C@H]1[C@@H]2OC(=O)CCCCCCC(=O)OC[C@H]2OC[C@@H]1C. The highest BCUT2D eigenvalue weighted by Gasteiger charge is 2.39. The van der Waals surface area contributed by atoms with Gasteiger partial charge in [0.05, 0.1) is 6.61 Å². The minimum Gasteiger partial charge on any atom is -0.463 e. The fourth-order valence-electron chi connectivity index (χ4n) is 2.86. The summed E-state index contributed by atoms with van der Waals surface area (Å²) >= 11 is 0. The van der Waals surface area contributed by atoms with Crippen molar-refractivity contribution in [3.63, 3.8) is 0 Å². The summed E-state index contributed by atoms with van der Waals surface area (Å²) in [7, 11) is 0. The van der Waals surface area contributed by atoms with Gasteiger partial charge in [0.1, 0.15) is 18.8 Å². The van der Waals surface area contributed by atoms with Crippen LogP contribution in [0.3, 0.4) is 0 Å². The predicted octanol–water partition coefficient (Wildman–Crippen LogP) is 2.47. The lowest BCUT2D eigenvalue weighted by atomic mass is 9.86. The van der Waals surface area contributed by atoms with E-state index in [-0.39, 0.29) is 36.7 Å². The van der Waals surface area contributed by atoms with E-state index in [0.29, 0.717) is 25.4 Å². The second kappa shape index (κ2) is 7.78. The van der Waals surface area contributed by atoms with Gasteiger partial charge in [-0.2, -0.15) is 0 Å². The second-order valence-corrected chi connectivity index (χ2v) is 6.26. The zero-order valence-electron chi connectivity index (χ0n) is 13.0. The molecule has 0 unspecified atom stereocenters. The summed E-state index contributed by atoms with van der Waals surface area (Å²) in [4.78, 5) is 23.7. The molecule has 2 rings (SSSR count). The highest BCUT2D eigenvalue weighted by molar-refractivity contribution is 5.70. The number of cyclic esters (lactones) is 1. The number of ether oxygens (including phenoxy) is 3. The third kappa shape index (κ3) is 4.70. The topological polar surface area (TPSA) is 61.8 Å². The third-order valence-electron chi connectivity index (χ3n) is 4.54. The van der Waals surface area contributed by atoms with E-state index in [1.807, 2.05) is 0 Å². The molecule has 2 saturated heterocycles. The van der Waals surface area contributed by atoms with Crippen molar-refractivity contribution < 1.29 is 23.8 Å². The molecule has 0 spiro atoms. The summed E-state index contributed by atoms with van der Waals surface area (Å²) in [5, 5.41) is 0. The normalized spacial score (nSPS) is 36.3. The Bertz CT molecular complexity index is 368. The van der Waals surface area contributed by atoms with Crippen LogP contribution in [-0.2, 0) is 23.8 Å². The van der Waals surface area contributed by atoms with Crippen molar-refractivity contribution in [3.05, 3.63) is 0 Å². The van der Waals surface area contributed by atoms with E-state index in [2.05, 4.69) is 13.8 Å². The molecule has 120 valence electrons. The van der Waals surface area contributed by atoms with Crippen molar-refractivity contribution in [3.8, 4) is 0 Å². The van der Waals surface area contributed by atoms with Crippen molar-refractivity contribution in [1.29, 1.82) is 0 Å². The largest absolute Gasteiger partial charge is 0.463 e. The van der Waals surface area contributed by atoms with E-state index >= 15 is 0 Å². The highest BCUT2D eigenvalue weighted by Crippen LogP contribution is 2.29. The Kier molecular flexibility index (Phi) is 6.03. The summed E-state index contributed by atoms with van der Waals surface area (Å²) in [5.74, 6) is 0.177. The molecule has 0 saturated carbocycles. The van der Waals surface area contributed by atoms with Gasteiger partial charge in [0, 0.05) is 18.8 Å². The second-order valence-electron chi connectivity index (χ2n) is 6.26. The third-order valence-corrected chi connectivity index (χ3v) is 4.54. The summed E-state index contributed by atoms with van der Waals surface area (Å²) in [6.07, 6.45) is 3.74. The van der Waals surface area contributed by atoms with E-state index in [1.165, 1.54) is 0 Å². The number of fused-ring (bicyclic) bond motifs is 1. The molecule has 2 aliphatic heterocycles. The summed E-state index contributed by atoms with van der Waals surface area (Å²) < 4.78 is 16.7. The Morgan fingerprint density at radius 1 is 0.905 bits per heavy atom. The van der Waals surface area contributed by atoms with Crippen molar-refractivity contribution in [2.45, 2.75) is 64.6 Å². The number of hydrogen-bond donors (Lipinski definition) is 0. The number of esters is 2. The first kappa shape index (κ1) is 16.3. The molecule has 0 radical (unpaired) electrons. The van der Waals surface area contributed by atoms with Gasteiger partial charge in [-0.3, -0.25) is 9.59 Å². The lowest BCUT2D eigenvalue weighted by Crippen LogP contribution is -2.49. The van der Waals surface area contributed by atoms with E-state index in [1.54, 1.807) is 0 Å². The maximum absolute atomic E-state index is 12.0. The fraction of sp³-hybridized carbons (Fsp3) is 0.875. The molecule has 0 bridgehead atoms. The molecular formula is C16H26O5. The Morgan fingerprint density at radius 3 is 2.29 bits per heavy atom. The maximum Gasteiger partial charge on any atom is 0.306 e. The van der Waals surface area contributed by atoms with E-state index in [0.717, 1.165) is 25.7 Å². The first-order valence-corrected chi connectivity index (χ1v) is 8.04. The molecule has 0 aromatic carbocycles. The van der Waals surface area contributed by atoms with Crippen LogP contribution in [0, 0.1) is 11.8 Å². The quantitative estimate of drug-likeness (QED) is 0.643. The van der Waals surface area contributed by atoms with Gasteiger partial charge in [0.2, 0.25) is 0 Å². The van der Waals surface area contributed by atoms with Gasteiger partial charge in [-0.15, -0.1) is 0 Å². The zero-order valence-corrected chi connectivity index (χ0v) is 13.0. The Balaban J connectivity index is 2.04. The van der Waals surface area contributed by atoms with Crippen molar-refractivity contribution >= 4 is 11.9 Å². The summed E-state index contributed by atoms with van der Waals surface area (Å²) in [5.41, 5.74) is 0. The Hall–Kier alpha value is -1.10. The number of carbonyl (C=O) groups excluding carboxylic acids is 2. The van der Waals surface area contributed by atoms with Gasteiger partial charge >= 0.3 is 11.9 Å². The van der Waals surface area contributed by atoms with Crippen LogP contribution in [0.4, 0.5) is 0 Å². The van der Waals surface area contributed by atoms with Gasteiger partial charge in [-0.25, -0.2) is 0 Å². The average molecular weight is 298 g/mol. The van der Waals surface area contributed by atoms with Crippen LogP contribution in [-0.4, -0.2) is 37.4 Å². The van der Waals surface area contributed by atoms with Crippen LogP contribution >= 0.6 is 0 Å². The average Bonchev–Trinajstić information content (AvgIpc) is 2.47. The molecule has 21 heavy (non-hydrogen) atoms. The maximum atomic E-state index is 12.0. The molecule has 2 fully saturated rings. The van der Waals surface area contributed by atoms with E-state index in [4.69, 9.17) is 14.2 Å².